The molecule has 25 heavy (non-hydrogen) atoms. The summed E-state index contributed by atoms with van der Waals surface area (Å²) in [6, 6.07) is 13.1. The number of hydrazone groups is 1. The molecular formula is C17H13N7S. The van der Waals surface area contributed by atoms with Crippen LogP contribution in [0.5, 0.6) is 0 Å². The van der Waals surface area contributed by atoms with Crippen molar-refractivity contribution in [2.45, 2.75) is 0 Å². The monoisotopic (exact) mass is 347 g/mol. The molecule has 4 N–H and O–H groups in total. The third-order valence-corrected chi connectivity index (χ3v) is 4.14. The summed E-state index contributed by atoms with van der Waals surface area (Å²) in [5, 5.41) is 22.8. The van der Waals surface area contributed by atoms with Gasteiger partial charge >= 0.3 is 0 Å². The first kappa shape index (κ1) is 16.3. The summed E-state index contributed by atoms with van der Waals surface area (Å²) < 4.78 is 0. The van der Waals surface area contributed by atoms with Gasteiger partial charge in [0.05, 0.1) is 11.4 Å². The molecule has 0 amide bonds. The molecule has 0 aliphatic heterocycles. The Hall–Kier alpha value is -3.57. The molecule has 3 aromatic rings. The van der Waals surface area contributed by atoms with Crippen molar-refractivity contribution >= 4 is 28.6 Å². The first-order valence-corrected chi connectivity index (χ1v) is 8.10. The number of thiazole rings is 1. The van der Waals surface area contributed by atoms with E-state index in [9.17, 15) is 0 Å². The Bertz CT molecular complexity index is 970. The molecule has 2 heterocycles. The number of hydrogen-bond donors (Lipinski definition) is 3. The molecule has 0 aliphatic rings. The Balaban J connectivity index is 1.84. The molecule has 1 aromatic carbocycles. The van der Waals surface area contributed by atoms with Gasteiger partial charge < -0.3 is 5.73 Å². The summed E-state index contributed by atoms with van der Waals surface area (Å²) in [5.41, 5.74) is 11.3. The molecule has 0 radical (unpaired) electrons. The molecule has 2 aromatic heterocycles. The standard InChI is InChI=1S/C17H13N7S/c18-9-14(16(19)20)24-23-13-3-1-2-12(8-13)17-22-15(10-25-17)11-4-6-21-7-5-11/h1-8,10,23H,(H3,19,20)/b24-14+. The van der Waals surface area contributed by atoms with Crippen LogP contribution in [0.25, 0.3) is 21.8 Å². The first-order valence-electron chi connectivity index (χ1n) is 7.22. The Kier molecular flexibility index (Phi) is 4.78. The Labute approximate surface area is 148 Å². The van der Waals surface area contributed by atoms with E-state index in [1.165, 1.54) is 11.3 Å². The van der Waals surface area contributed by atoms with Crippen LogP contribution in [-0.2, 0) is 0 Å². The van der Waals surface area contributed by atoms with Gasteiger partial charge in [0.2, 0.25) is 5.71 Å². The molecule has 8 heteroatoms. The van der Waals surface area contributed by atoms with E-state index in [1.54, 1.807) is 24.5 Å². The van der Waals surface area contributed by atoms with Crippen molar-refractivity contribution in [1.29, 1.82) is 10.7 Å². The van der Waals surface area contributed by atoms with Gasteiger partial charge in [0.1, 0.15) is 11.1 Å². The lowest BCUT2D eigenvalue weighted by Gasteiger charge is -2.03. The number of nitrogens with one attached hydrogen (secondary N) is 2. The van der Waals surface area contributed by atoms with Crippen molar-refractivity contribution in [2.24, 2.45) is 10.8 Å². The second kappa shape index (κ2) is 7.33. The predicted molar refractivity (Wildman–Crippen MR) is 99.4 cm³/mol. The highest BCUT2D eigenvalue weighted by atomic mass is 32.1. The van der Waals surface area contributed by atoms with E-state index in [4.69, 9.17) is 16.4 Å². The molecule has 0 aliphatic carbocycles. The fourth-order valence-corrected chi connectivity index (χ4v) is 2.88. The minimum atomic E-state index is -0.381. The first-order chi connectivity index (χ1) is 12.2. The minimum Gasteiger partial charge on any atom is -0.382 e. The summed E-state index contributed by atoms with van der Waals surface area (Å²) in [5.74, 6) is -0.381. The molecule has 0 saturated heterocycles. The lowest BCUT2D eigenvalue weighted by Crippen LogP contribution is -2.21. The second-order valence-corrected chi connectivity index (χ2v) is 5.81. The summed E-state index contributed by atoms with van der Waals surface area (Å²) in [7, 11) is 0. The third kappa shape index (κ3) is 3.85. The van der Waals surface area contributed by atoms with Gasteiger partial charge in [0.25, 0.3) is 0 Å². The van der Waals surface area contributed by atoms with E-state index in [0.29, 0.717) is 5.69 Å². The van der Waals surface area contributed by atoms with Crippen LogP contribution in [0.2, 0.25) is 0 Å². The Morgan fingerprint density at radius 1 is 1.24 bits per heavy atom. The molecule has 0 saturated carbocycles. The summed E-state index contributed by atoms with van der Waals surface area (Å²) in [4.78, 5) is 8.66. The van der Waals surface area contributed by atoms with Crippen LogP contribution < -0.4 is 11.2 Å². The lowest BCUT2D eigenvalue weighted by molar-refractivity contribution is 1.31. The molecule has 7 nitrogen and oxygen atoms in total. The number of nitrogens with two attached hydrogens (primary N) is 1. The number of pyridine rings is 1. The van der Waals surface area contributed by atoms with Crippen LogP contribution >= 0.6 is 11.3 Å². The van der Waals surface area contributed by atoms with Crippen molar-refractivity contribution in [1.82, 2.24) is 9.97 Å². The largest absolute Gasteiger partial charge is 0.382 e. The van der Waals surface area contributed by atoms with Crippen molar-refractivity contribution < 1.29 is 0 Å². The number of anilines is 1. The normalized spacial score (nSPS) is 10.9. The van der Waals surface area contributed by atoms with Crippen molar-refractivity contribution in [3.05, 3.63) is 54.2 Å². The van der Waals surface area contributed by atoms with Gasteiger partial charge in [0, 0.05) is 28.9 Å². The van der Waals surface area contributed by atoms with Crippen LogP contribution in [0.4, 0.5) is 5.69 Å². The number of amidine groups is 1. The van der Waals surface area contributed by atoms with Crippen LogP contribution in [0.1, 0.15) is 0 Å². The van der Waals surface area contributed by atoms with Gasteiger partial charge in [-0.2, -0.15) is 10.4 Å². The SMILES string of the molecule is N#C/C(=N\Nc1cccc(-c2nc(-c3ccncc3)cs2)c1)C(=N)N. The van der Waals surface area contributed by atoms with Gasteiger partial charge in [-0.25, -0.2) is 4.98 Å². The maximum absolute atomic E-state index is 8.86. The lowest BCUT2D eigenvalue weighted by atomic mass is 10.2. The number of benzene rings is 1. The molecule has 0 fully saturated rings. The highest BCUT2D eigenvalue weighted by molar-refractivity contribution is 7.13. The van der Waals surface area contributed by atoms with Gasteiger partial charge in [-0.1, -0.05) is 12.1 Å². The molecule has 0 bridgehead atoms. The van der Waals surface area contributed by atoms with Crippen molar-refractivity contribution in [2.75, 3.05) is 5.43 Å². The van der Waals surface area contributed by atoms with Gasteiger partial charge in [0.15, 0.2) is 5.84 Å². The number of hydrogen-bond acceptors (Lipinski definition) is 7. The van der Waals surface area contributed by atoms with Crippen LogP contribution in [0.3, 0.4) is 0 Å². The second-order valence-electron chi connectivity index (χ2n) is 4.95. The molecule has 0 atom stereocenters. The number of nitrogens with zero attached hydrogens (tertiary/aromatic N) is 4. The fraction of sp³-hybridized carbons (Fsp3) is 0. The number of aromatic nitrogens is 2. The fourth-order valence-electron chi connectivity index (χ4n) is 2.05. The summed E-state index contributed by atoms with van der Waals surface area (Å²) >= 11 is 1.54. The van der Waals surface area contributed by atoms with E-state index < -0.39 is 0 Å². The van der Waals surface area contributed by atoms with Crippen molar-refractivity contribution in [3.63, 3.8) is 0 Å². The van der Waals surface area contributed by atoms with Gasteiger partial charge in [-0.3, -0.25) is 15.8 Å². The van der Waals surface area contributed by atoms with E-state index in [2.05, 4.69) is 20.5 Å². The highest BCUT2D eigenvalue weighted by Gasteiger charge is 2.07. The number of nitriles is 1. The zero-order chi connectivity index (χ0) is 17.6. The van der Waals surface area contributed by atoms with Crippen LogP contribution in [0.15, 0.2) is 59.3 Å². The topological polar surface area (TPSA) is 124 Å². The maximum Gasteiger partial charge on any atom is 0.201 e. The molecule has 0 unspecified atom stereocenters. The quantitative estimate of drug-likeness (QED) is 0.372. The average Bonchev–Trinajstić information content (AvgIpc) is 3.13. The Morgan fingerprint density at radius 3 is 2.76 bits per heavy atom. The van der Waals surface area contributed by atoms with Gasteiger partial charge in [-0.15, -0.1) is 11.3 Å². The summed E-state index contributed by atoms with van der Waals surface area (Å²) in [6.07, 6.45) is 3.47. The van der Waals surface area contributed by atoms with Crippen molar-refractivity contribution in [3.8, 4) is 27.9 Å². The highest BCUT2D eigenvalue weighted by Crippen LogP contribution is 2.29. The van der Waals surface area contributed by atoms with Crippen LogP contribution in [0, 0.1) is 16.7 Å². The Morgan fingerprint density at radius 2 is 2.04 bits per heavy atom. The van der Waals surface area contributed by atoms with E-state index in [-0.39, 0.29) is 11.5 Å². The van der Waals surface area contributed by atoms with E-state index in [1.807, 2.05) is 35.7 Å². The third-order valence-electron chi connectivity index (χ3n) is 3.25. The predicted octanol–water partition coefficient (Wildman–Crippen LogP) is 3.10. The van der Waals surface area contributed by atoms with Crippen LogP contribution in [-0.4, -0.2) is 21.5 Å². The zero-order valence-corrected chi connectivity index (χ0v) is 13.8. The smallest absolute Gasteiger partial charge is 0.201 e. The van der Waals surface area contributed by atoms with Gasteiger partial charge in [-0.05, 0) is 24.3 Å². The molecular weight excluding hydrogens is 334 g/mol. The summed E-state index contributed by atoms with van der Waals surface area (Å²) in [6.45, 7) is 0. The maximum atomic E-state index is 8.86. The molecule has 0 spiro atoms. The molecule has 122 valence electrons. The average molecular weight is 347 g/mol. The number of rotatable bonds is 5. The van der Waals surface area contributed by atoms with E-state index >= 15 is 0 Å². The minimum absolute atomic E-state index is 0.167. The van der Waals surface area contributed by atoms with E-state index in [0.717, 1.165) is 21.8 Å². The zero-order valence-electron chi connectivity index (χ0n) is 13.0. The molecule has 3 rings (SSSR count).